The van der Waals surface area contributed by atoms with Gasteiger partial charge in [-0.05, 0) is 36.8 Å². The van der Waals surface area contributed by atoms with E-state index in [9.17, 15) is 20.0 Å². The van der Waals surface area contributed by atoms with Gasteiger partial charge >= 0.3 is 0 Å². The molecule has 1 amide bonds. The normalized spacial score (nSPS) is 21.2. The number of hydrogen-bond donors (Lipinski definition) is 2. The van der Waals surface area contributed by atoms with Crippen LogP contribution in [0.2, 0.25) is 5.02 Å². The molecule has 2 atom stereocenters. The second-order valence-corrected chi connectivity index (χ2v) is 5.70. The number of halogens is 1. The topological polar surface area (TPSA) is 92.5 Å². The standard InChI is InChI=1S/C14H17ClN2O4/c15-11-4-5-12(13(6-11)17(20)21)14(19)16-7-9-2-1-3-10(9)8-18/h4-6,9-10,18H,1-3,7-8H2,(H,16,19). The van der Waals surface area contributed by atoms with Crippen LogP contribution < -0.4 is 5.32 Å². The summed E-state index contributed by atoms with van der Waals surface area (Å²) in [5.74, 6) is -0.0576. The minimum absolute atomic E-state index is 0.00273. The van der Waals surface area contributed by atoms with Crippen molar-refractivity contribution >= 4 is 23.2 Å². The van der Waals surface area contributed by atoms with E-state index < -0.39 is 10.8 Å². The number of aliphatic hydroxyl groups excluding tert-OH is 1. The fourth-order valence-electron chi connectivity index (χ4n) is 2.79. The van der Waals surface area contributed by atoms with Crippen molar-refractivity contribution in [3.63, 3.8) is 0 Å². The Bertz CT molecular complexity index is 550. The molecule has 1 aliphatic carbocycles. The van der Waals surface area contributed by atoms with E-state index in [1.54, 1.807) is 0 Å². The van der Waals surface area contributed by atoms with Gasteiger partial charge in [0, 0.05) is 24.2 Å². The summed E-state index contributed by atoms with van der Waals surface area (Å²) in [5.41, 5.74) is -0.298. The van der Waals surface area contributed by atoms with Gasteiger partial charge in [0.25, 0.3) is 11.6 Å². The molecule has 0 radical (unpaired) electrons. The Hall–Kier alpha value is -1.66. The maximum atomic E-state index is 12.1. The lowest BCUT2D eigenvalue weighted by Gasteiger charge is -2.17. The highest BCUT2D eigenvalue weighted by atomic mass is 35.5. The van der Waals surface area contributed by atoms with Crippen LogP contribution in [0.5, 0.6) is 0 Å². The van der Waals surface area contributed by atoms with Crippen molar-refractivity contribution in [1.82, 2.24) is 5.32 Å². The van der Waals surface area contributed by atoms with Crippen LogP contribution in [-0.4, -0.2) is 29.1 Å². The van der Waals surface area contributed by atoms with Crippen LogP contribution in [0.3, 0.4) is 0 Å². The predicted octanol–water partition coefficient (Wildman–Crippen LogP) is 2.39. The van der Waals surface area contributed by atoms with Crippen LogP contribution in [-0.2, 0) is 0 Å². The minimum atomic E-state index is -0.618. The molecule has 0 aromatic heterocycles. The van der Waals surface area contributed by atoms with E-state index in [0.717, 1.165) is 19.3 Å². The SMILES string of the molecule is O=C(NCC1CCCC1CO)c1ccc(Cl)cc1[N+](=O)[O-]. The molecular formula is C14H17ClN2O4. The lowest BCUT2D eigenvalue weighted by molar-refractivity contribution is -0.385. The third-order valence-electron chi connectivity index (χ3n) is 3.98. The zero-order chi connectivity index (χ0) is 15.4. The number of carbonyl (C=O) groups excluding carboxylic acids is 1. The van der Waals surface area contributed by atoms with Crippen LogP contribution >= 0.6 is 11.6 Å². The molecule has 7 heteroatoms. The molecule has 0 saturated heterocycles. The van der Waals surface area contributed by atoms with Crippen molar-refractivity contribution in [3.8, 4) is 0 Å². The molecule has 114 valence electrons. The molecule has 1 aromatic rings. The third-order valence-corrected chi connectivity index (χ3v) is 4.21. The zero-order valence-corrected chi connectivity index (χ0v) is 12.2. The van der Waals surface area contributed by atoms with Gasteiger partial charge in [-0.3, -0.25) is 14.9 Å². The van der Waals surface area contributed by atoms with Gasteiger partial charge in [-0.2, -0.15) is 0 Å². The molecule has 1 saturated carbocycles. The molecule has 1 aliphatic rings. The minimum Gasteiger partial charge on any atom is -0.396 e. The number of benzene rings is 1. The fraction of sp³-hybridized carbons (Fsp3) is 0.500. The third kappa shape index (κ3) is 3.71. The second kappa shape index (κ2) is 6.87. The summed E-state index contributed by atoms with van der Waals surface area (Å²) in [7, 11) is 0. The van der Waals surface area contributed by atoms with Crippen LogP contribution in [0.1, 0.15) is 29.6 Å². The van der Waals surface area contributed by atoms with E-state index in [2.05, 4.69) is 5.32 Å². The molecule has 2 rings (SSSR count). The van der Waals surface area contributed by atoms with Gasteiger partial charge in [-0.1, -0.05) is 18.0 Å². The number of rotatable bonds is 5. The van der Waals surface area contributed by atoms with E-state index in [1.165, 1.54) is 18.2 Å². The lowest BCUT2D eigenvalue weighted by atomic mass is 9.97. The fourth-order valence-corrected chi connectivity index (χ4v) is 2.96. The number of aliphatic hydroxyl groups is 1. The van der Waals surface area contributed by atoms with Gasteiger partial charge in [0.15, 0.2) is 0 Å². The first-order valence-electron chi connectivity index (χ1n) is 6.86. The maximum Gasteiger partial charge on any atom is 0.283 e. The van der Waals surface area contributed by atoms with E-state index in [4.69, 9.17) is 11.6 Å². The summed E-state index contributed by atoms with van der Waals surface area (Å²) in [4.78, 5) is 22.5. The highest BCUT2D eigenvalue weighted by Crippen LogP contribution is 2.31. The van der Waals surface area contributed by atoms with Crippen molar-refractivity contribution in [2.24, 2.45) is 11.8 Å². The average Bonchev–Trinajstić information content (AvgIpc) is 2.92. The summed E-state index contributed by atoms with van der Waals surface area (Å²) in [6.07, 6.45) is 2.94. The van der Waals surface area contributed by atoms with Gasteiger partial charge in [0.1, 0.15) is 5.56 Å². The monoisotopic (exact) mass is 312 g/mol. The summed E-state index contributed by atoms with van der Waals surface area (Å²) in [6, 6.07) is 3.98. The van der Waals surface area contributed by atoms with E-state index in [-0.39, 0.29) is 34.7 Å². The molecule has 2 N–H and O–H groups in total. The Kier molecular flexibility index (Phi) is 5.14. The van der Waals surface area contributed by atoms with Crippen molar-refractivity contribution in [3.05, 3.63) is 38.9 Å². The number of carbonyl (C=O) groups is 1. The number of nitro benzene ring substituents is 1. The molecular weight excluding hydrogens is 296 g/mol. The first kappa shape index (κ1) is 15.7. The van der Waals surface area contributed by atoms with Gasteiger partial charge in [0.05, 0.1) is 4.92 Å². The zero-order valence-electron chi connectivity index (χ0n) is 11.4. The van der Waals surface area contributed by atoms with Gasteiger partial charge in [-0.15, -0.1) is 0 Å². The number of hydrogen-bond acceptors (Lipinski definition) is 4. The highest BCUT2D eigenvalue weighted by Gasteiger charge is 2.28. The molecule has 0 bridgehead atoms. The van der Waals surface area contributed by atoms with Crippen molar-refractivity contribution in [2.45, 2.75) is 19.3 Å². The molecule has 1 fully saturated rings. The number of amides is 1. The maximum absolute atomic E-state index is 12.1. The Morgan fingerprint density at radius 2 is 2.14 bits per heavy atom. The number of nitro groups is 1. The van der Waals surface area contributed by atoms with E-state index in [1.807, 2.05) is 0 Å². The molecule has 0 spiro atoms. The Morgan fingerprint density at radius 1 is 1.43 bits per heavy atom. The highest BCUT2D eigenvalue weighted by molar-refractivity contribution is 6.31. The van der Waals surface area contributed by atoms with Crippen LogP contribution in [0.4, 0.5) is 5.69 Å². The molecule has 1 aromatic carbocycles. The quantitative estimate of drug-likeness (QED) is 0.645. The molecule has 21 heavy (non-hydrogen) atoms. The Balaban J connectivity index is 2.05. The lowest BCUT2D eigenvalue weighted by Crippen LogP contribution is -2.32. The Morgan fingerprint density at radius 3 is 2.81 bits per heavy atom. The molecule has 6 nitrogen and oxygen atoms in total. The largest absolute Gasteiger partial charge is 0.396 e. The summed E-state index contributed by atoms with van der Waals surface area (Å²) in [6.45, 7) is 0.533. The van der Waals surface area contributed by atoms with Crippen molar-refractivity contribution in [2.75, 3.05) is 13.2 Å². The van der Waals surface area contributed by atoms with Crippen LogP contribution in [0.25, 0.3) is 0 Å². The van der Waals surface area contributed by atoms with E-state index in [0.29, 0.717) is 6.54 Å². The van der Waals surface area contributed by atoms with Crippen LogP contribution in [0.15, 0.2) is 18.2 Å². The Labute approximate surface area is 127 Å². The first-order valence-corrected chi connectivity index (χ1v) is 7.23. The molecule has 0 aliphatic heterocycles. The van der Waals surface area contributed by atoms with Gasteiger partial charge < -0.3 is 10.4 Å². The summed E-state index contributed by atoms with van der Waals surface area (Å²) < 4.78 is 0. The first-order chi connectivity index (χ1) is 10.0. The molecule has 2 unspecified atom stereocenters. The molecule has 0 heterocycles. The average molecular weight is 313 g/mol. The van der Waals surface area contributed by atoms with Gasteiger partial charge in [0.2, 0.25) is 0 Å². The number of nitrogens with one attached hydrogen (secondary N) is 1. The summed E-state index contributed by atoms with van der Waals surface area (Å²) >= 11 is 5.72. The summed E-state index contributed by atoms with van der Waals surface area (Å²) in [5, 5.41) is 23.2. The van der Waals surface area contributed by atoms with Crippen molar-refractivity contribution in [1.29, 1.82) is 0 Å². The van der Waals surface area contributed by atoms with Gasteiger partial charge in [-0.25, -0.2) is 0 Å². The van der Waals surface area contributed by atoms with Crippen molar-refractivity contribution < 1.29 is 14.8 Å². The van der Waals surface area contributed by atoms with Crippen LogP contribution in [0, 0.1) is 22.0 Å². The smallest absolute Gasteiger partial charge is 0.283 e. The predicted molar refractivity (Wildman–Crippen MR) is 78.4 cm³/mol. The van der Waals surface area contributed by atoms with E-state index >= 15 is 0 Å². The second-order valence-electron chi connectivity index (χ2n) is 5.26. The number of nitrogens with zero attached hydrogens (tertiary/aromatic N) is 1.